The lowest BCUT2D eigenvalue weighted by Crippen LogP contribution is -2.05. The first-order chi connectivity index (χ1) is 9.02. The Morgan fingerprint density at radius 2 is 2.00 bits per heavy atom. The largest absolute Gasteiger partial charge is 0.465 e. The van der Waals surface area contributed by atoms with E-state index < -0.39 is 11.9 Å². The molecule has 0 radical (unpaired) electrons. The van der Waals surface area contributed by atoms with E-state index in [1.54, 1.807) is 18.2 Å². The van der Waals surface area contributed by atoms with Crippen molar-refractivity contribution in [3.05, 3.63) is 52.0 Å². The molecule has 0 saturated carbocycles. The molecule has 1 heterocycles. The molecule has 98 valence electrons. The summed E-state index contributed by atoms with van der Waals surface area (Å²) >= 11 is 11.7. The molecule has 0 unspecified atom stereocenters. The molecular formula is C13H8Cl2FNO2. The van der Waals surface area contributed by atoms with E-state index in [1.807, 2.05) is 0 Å². The number of hydrogen-bond acceptors (Lipinski definition) is 3. The molecule has 2 aromatic rings. The van der Waals surface area contributed by atoms with Crippen LogP contribution in [0.4, 0.5) is 4.39 Å². The molecule has 0 fully saturated rings. The van der Waals surface area contributed by atoms with Crippen molar-refractivity contribution in [3.8, 4) is 11.1 Å². The van der Waals surface area contributed by atoms with Gasteiger partial charge in [0, 0.05) is 17.8 Å². The normalized spacial score (nSPS) is 10.3. The second kappa shape index (κ2) is 5.55. The molecule has 3 nitrogen and oxygen atoms in total. The lowest BCUT2D eigenvalue weighted by molar-refractivity contribution is 0.0601. The van der Waals surface area contributed by atoms with E-state index in [4.69, 9.17) is 23.2 Å². The van der Waals surface area contributed by atoms with Gasteiger partial charge in [0.05, 0.1) is 22.7 Å². The van der Waals surface area contributed by atoms with Gasteiger partial charge in [-0.05, 0) is 17.7 Å². The Labute approximate surface area is 118 Å². The van der Waals surface area contributed by atoms with Gasteiger partial charge in [-0.1, -0.05) is 29.3 Å². The van der Waals surface area contributed by atoms with E-state index in [9.17, 15) is 9.18 Å². The number of benzene rings is 1. The number of methoxy groups -OCH3 is 1. The third kappa shape index (κ3) is 2.85. The number of ether oxygens (including phenoxy) is 1. The summed E-state index contributed by atoms with van der Waals surface area (Å²) in [6.45, 7) is 0. The smallest absolute Gasteiger partial charge is 0.338 e. The van der Waals surface area contributed by atoms with E-state index in [0.717, 1.165) is 6.07 Å². The van der Waals surface area contributed by atoms with Crippen molar-refractivity contribution in [2.75, 3.05) is 7.11 Å². The Balaban J connectivity index is 2.61. The van der Waals surface area contributed by atoms with Crippen LogP contribution in [0.25, 0.3) is 11.1 Å². The van der Waals surface area contributed by atoms with Gasteiger partial charge >= 0.3 is 5.97 Å². The van der Waals surface area contributed by atoms with Gasteiger partial charge < -0.3 is 4.74 Å². The van der Waals surface area contributed by atoms with Crippen molar-refractivity contribution in [1.29, 1.82) is 0 Å². The number of carbonyl (C=O) groups is 1. The van der Waals surface area contributed by atoms with E-state index in [1.165, 1.54) is 13.3 Å². The molecule has 2 rings (SSSR count). The number of carbonyl (C=O) groups excluding carboxylic acids is 1. The van der Waals surface area contributed by atoms with Crippen LogP contribution in [-0.2, 0) is 4.74 Å². The van der Waals surface area contributed by atoms with E-state index in [2.05, 4.69) is 9.72 Å². The first-order valence-electron chi connectivity index (χ1n) is 5.22. The Morgan fingerprint density at radius 3 is 2.63 bits per heavy atom. The summed E-state index contributed by atoms with van der Waals surface area (Å²) < 4.78 is 17.8. The molecule has 0 aliphatic rings. The minimum atomic E-state index is -0.760. The van der Waals surface area contributed by atoms with Crippen molar-refractivity contribution < 1.29 is 13.9 Å². The summed E-state index contributed by atoms with van der Waals surface area (Å²) in [7, 11) is 1.22. The number of esters is 1. The summed E-state index contributed by atoms with van der Waals surface area (Å²) in [4.78, 5) is 15.2. The fourth-order valence-corrected chi connectivity index (χ4v) is 1.90. The number of rotatable bonds is 2. The van der Waals surface area contributed by atoms with Crippen LogP contribution in [0.15, 0.2) is 30.5 Å². The highest BCUT2D eigenvalue weighted by atomic mass is 35.5. The minimum absolute atomic E-state index is 0.0772. The molecule has 19 heavy (non-hydrogen) atoms. The van der Waals surface area contributed by atoms with Crippen LogP contribution in [0.2, 0.25) is 10.0 Å². The van der Waals surface area contributed by atoms with Crippen LogP contribution in [0.3, 0.4) is 0 Å². The maximum Gasteiger partial charge on any atom is 0.338 e. The molecule has 0 atom stereocenters. The standard InChI is InChI=1S/C13H8Cl2FNO2/c1-19-13(18)8-5-12(16)17-6-9(8)7-2-3-10(14)11(15)4-7/h2-6H,1H3. The van der Waals surface area contributed by atoms with Crippen LogP contribution < -0.4 is 0 Å². The molecule has 0 aliphatic carbocycles. The average molecular weight is 300 g/mol. The van der Waals surface area contributed by atoms with Gasteiger partial charge in [0.2, 0.25) is 5.95 Å². The second-order valence-electron chi connectivity index (χ2n) is 3.67. The van der Waals surface area contributed by atoms with Gasteiger partial charge in [-0.25, -0.2) is 9.78 Å². The third-order valence-corrected chi connectivity index (χ3v) is 3.25. The molecule has 0 aliphatic heterocycles. The zero-order valence-electron chi connectivity index (χ0n) is 9.78. The monoisotopic (exact) mass is 299 g/mol. The molecule has 1 aromatic carbocycles. The molecule has 1 aromatic heterocycles. The Kier molecular flexibility index (Phi) is 4.02. The number of hydrogen-bond donors (Lipinski definition) is 0. The summed E-state index contributed by atoms with van der Waals surface area (Å²) in [5, 5.41) is 0.722. The van der Waals surface area contributed by atoms with Gasteiger partial charge in [0.25, 0.3) is 0 Å². The minimum Gasteiger partial charge on any atom is -0.465 e. The molecule has 6 heteroatoms. The highest BCUT2D eigenvalue weighted by Gasteiger charge is 2.16. The zero-order valence-corrected chi connectivity index (χ0v) is 11.3. The number of aromatic nitrogens is 1. The summed E-state index contributed by atoms with van der Waals surface area (Å²) in [6, 6.07) is 5.84. The zero-order chi connectivity index (χ0) is 14.0. The predicted molar refractivity (Wildman–Crippen MR) is 71.0 cm³/mol. The van der Waals surface area contributed by atoms with Crippen LogP contribution in [0, 0.1) is 5.95 Å². The van der Waals surface area contributed by atoms with Crippen molar-refractivity contribution in [2.24, 2.45) is 0 Å². The lowest BCUT2D eigenvalue weighted by Gasteiger charge is -2.08. The highest BCUT2D eigenvalue weighted by molar-refractivity contribution is 6.42. The summed E-state index contributed by atoms with van der Waals surface area (Å²) in [5.74, 6) is -1.41. The molecule has 0 amide bonds. The van der Waals surface area contributed by atoms with Crippen LogP contribution in [0.5, 0.6) is 0 Å². The van der Waals surface area contributed by atoms with Gasteiger partial charge in [0.1, 0.15) is 0 Å². The van der Waals surface area contributed by atoms with E-state index >= 15 is 0 Å². The SMILES string of the molecule is COC(=O)c1cc(F)ncc1-c1ccc(Cl)c(Cl)c1. The van der Waals surface area contributed by atoms with Gasteiger partial charge in [-0.2, -0.15) is 4.39 Å². The molecule has 0 bridgehead atoms. The fraction of sp³-hybridized carbons (Fsp3) is 0.0769. The summed E-state index contributed by atoms with van der Waals surface area (Å²) in [6.07, 6.45) is 1.25. The first kappa shape index (κ1) is 13.8. The first-order valence-corrected chi connectivity index (χ1v) is 5.98. The Hall–Kier alpha value is -1.65. The Bertz CT molecular complexity index is 647. The molecule has 0 spiro atoms. The lowest BCUT2D eigenvalue weighted by atomic mass is 10.0. The van der Waals surface area contributed by atoms with Crippen LogP contribution in [0.1, 0.15) is 10.4 Å². The maximum absolute atomic E-state index is 13.1. The average Bonchev–Trinajstić information content (AvgIpc) is 2.41. The molecule has 0 N–H and O–H groups in total. The third-order valence-electron chi connectivity index (χ3n) is 2.51. The highest BCUT2D eigenvalue weighted by Crippen LogP contribution is 2.30. The summed E-state index contributed by atoms with van der Waals surface area (Å²) in [5.41, 5.74) is 1.10. The van der Waals surface area contributed by atoms with Gasteiger partial charge in [-0.15, -0.1) is 0 Å². The van der Waals surface area contributed by atoms with E-state index in [-0.39, 0.29) is 5.56 Å². The fourth-order valence-electron chi connectivity index (χ4n) is 1.60. The van der Waals surface area contributed by atoms with Crippen LogP contribution in [-0.4, -0.2) is 18.1 Å². The van der Waals surface area contributed by atoms with E-state index in [0.29, 0.717) is 21.2 Å². The van der Waals surface area contributed by atoms with Crippen molar-refractivity contribution >= 4 is 29.2 Å². The number of pyridine rings is 1. The topological polar surface area (TPSA) is 39.2 Å². The van der Waals surface area contributed by atoms with Crippen LogP contribution >= 0.6 is 23.2 Å². The second-order valence-corrected chi connectivity index (χ2v) is 4.49. The molecule has 0 saturated heterocycles. The number of nitrogens with zero attached hydrogens (tertiary/aromatic N) is 1. The van der Waals surface area contributed by atoms with Crippen molar-refractivity contribution in [2.45, 2.75) is 0 Å². The number of halogens is 3. The quantitative estimate of drug-likeness (QED) is 0.622. The predicted octanol–water partition coefficient (Wildman–Crippen LogP) is 3.98. The van der Waals surface area contributed by atoms with Crippen molar-refractivity contribution in [3.63, 3.8) is 0 Å². The van der Waals surface area contributed by atoms with Gasteiger partial charge in [0.15, 0.2) is 0 Å². The Morgan fingerprint density at radius 1 is 1.26 bits per heavy atom. The van der Waals surface area contributed by atoms with Gasteiger partial charge in [-0.3, -0.25) is 0 Å². The maximum atomic E-state index is 13.1. The molecular weight excluding hydrogens is 292 g/mol. The van der Waals surface area contributed by atoms with Crippen molar-refractivity contribution in [1.82, 2.24) is 4.98 Å².